The third kappa shape index (κ3) is 4.13. The molecule has 6 nitrogen and oxygen atoms in total. The molecule has 1 N–H and O–H groups in total. The number of rotatable bonds is 3. The summed E-state index contributed by atoms with van der Waals surface area (Å²) >= 11 is 0. The van der Waals surface area contributed by atoms with Crippen LogP contribution in [0, 0.1) is 0 Å². The Bertz CT molecular complexity index is 581. The first kappa shape index (κ1) is 15.2. The number of nitrogens with zero attached hydrogens (tertiary/aromatic N) is 2. The van der Waals surface area contributed by atoms with Gasteiger partial charge in [-0.1, -0.05) is 0 Å². The van der Waals surface area contributed by atoms with Crippen LogP contribution >= 0.6 is 0 Å². The fourth-order valence-corrected chi connectivity index (χ4v) is 2.21. The Labute approximate surface area is 123 Å². The van der Waals surface area contributed by atoms with Crippen LogP contribution in [0.2, 0.25) is 0 Å². The summed E-state index contributed by atoms with van der Waals surface area (Å²) in [4.78, 5) is 28.7. The number of hydrogen-bond donors (Lipinski definition) is 1. The number of carboxylic acid groups (broad SMARTS) is 1. The maximum Gasteiger partial charge on any atom is 0.328 e. The topological polar surface area (TPSA) is 79.7 Å². The van der Waals surface area contributed by atoms with E-state index < -0.39 is 5.97 Å². The number of carboxylic acids is 1. The van der Waals surface area contributed by atoms with Crippen molar-refractivity contribution in [3.63, 3.8) is 0 Å². The van der Waals surface area contributed by atoms with E-state index >= 15 is 0 Å². The zero-order valence-corrected chi connectivity index (χ0v) is 12.1. The van der Waals surface area contributed by atoms with Crippen LogP contribution in [0.25, 0.3) is 6.08 Å². The van der Waals surface area contributed by atoms with Crippen LogP contribution in [0.4, 0.5) is 0 Å². The van der Waals surface area contributed by atoms with Crippen molar-refractivity contribution < 1.29 is 19.4 Å². The van der Waals surface area contributed by atoms with Gasteiger partial charge in [-0.25, -0.2) is 4.79 Å². The number of aromatic nitrogens is 1. The zero-order valence-electron chi connectivity index (χ0n) is 12.1. The van der Waals surface area contributed by atoms with Gasteiger partial charge < -0.3 is 14.7 Å². The number of carbonyl (C=O) groups is 2. The van der Waals surface area contributed by atoms with Crippen molar-refractivity contribution in [2.75, 3.05) is 19.7 Å². The van der Waals surface area contributed by atoms with Gasteiger partial charge in [0.1, 0.15) is 0 Å². The van der Waals surface area contributed by atoms with Crippen LogP contribution < -0.4 is 0 Å². The molecule has 1 aliphatic heterocycles. The lowest BCUT2D eigenvalue weighted by Crippen LogP contribution is -2.50. The van der Waals surface area contributed by atoms with E-state index in [0.717, 1.165) is 6.08 Å². The molecule has 1 aliphatic rings. The molecule has 2 rings (SSSR count). The molecule has 1 aromatic heterocycles. The summed E-state index contributed by atoms with van der Waals surface area (Å²) in [6.07, 6.45) is 5.43. The van der Waals surface area contributed by atoms with Crippen molar-refractivity contribution in [1.82, 2.24) is 9.88 Å². The predicted molar refractivity (Wildman–Crippen MR) is 76.8 cm³/mol. The number of hydrogen-bond acceptors (Lipinski definition) is 4. The van der Waals surface area contributed by atoms with Gasteiger partial charge in [-0.3, -0.25) is 9.78 Å². The minimum Gasteiger partial charge on any atom is -0.478 e. The lowest BCUT2D eigenvalue weighted by molar-refractivity contribution is -0.131. The standard InChI is InChI=1S/C15H18N2O4/c1-15(2)10-17(5-6-21-15)14(20)12-7-11(8-16-9-12)3-4-13(18)19/h3-4,7-9H,5-6,10H2,1-2H3,(H,18,19). The van der Waals surface area contributed by atoms with Crippen molar-refractivity contribution in [3.05, 3.63) is 35.7 Å². The smallest absolute Gasteiger partial charge is 0.328 e. The highest BCUT2D eigenvalue weighted by Crippen LogP contribution is 2.18. The van der Waals surface area contributed by atoms with Gasteiger partial charge in [0.25, 0.3) is 5.91 Å². The Morgan fingerprint density at radius 2 is 2.19 bits per heavy atom. The highest BCUT2D eigenvalue weighted by molar-refractivity contribution is 5.95. The third-order valence-corrected chi connectivity index (χ3v) is 3.14. The van der Waals surface area contributed by atoms with Crippen LogP contribution in [-0.2, 0) is 9.53 Å². The number of ether oxygens (including phenoxy) is 1. The van der Waals surface area contributed by atoms with Crippen LogP contribution in [0.3, 0.4) is 0 Å². The van der Waals surface area contributed by atoms with Crippen molar-refractivity contribution in [2.45, 2.75) is 19.4 Å². The summed E-state index contributed by atoms with van der Waals surface area (Å²) < 4.78 is 5.58. The zero-order chi connectivity index (χ0) is 15.5. The van der Waals surface area contributed by atoms with E-state index in [1.807, 2.05) is 13.8 Å². The van der Waals surface area contributed by atoms with Gasteiger partial charge >= 0.3 is 5.97 Å². The maximum absolute atomic E-state index is 12.5. The number of morpholine rings is 1. The van der Waals surface area contributed by atoms with E-state index in [0.29, 0.717) is 30.8 Å². The molecule has 1 aromatic rings. The van der Waals surface area contributed by atoms with Crippen molar-refractivity contribution in [1.29, 1.82) is 0 Å². The highest BCUT2D eigenvalue weighted by atomic mass is 16.5. The second kappa shape index (κ2) is 6.05. The summed E-state index contributed by atoms with van der Waals surface area (Å²) in [6.45, 7) is 5.44. The molecule has 1 fully saturated rings. The fraction of sp³-hybridized carbons (Fsp3) is 0.400. The molecule has 0 spiro atoms. The Hall–Kier alpha value is -2.21. The average molecular weight is 290 g/mol. The van der Waals surface area contributed by atoms with Gasteiger partial charge in [0.2, 0.25) is 0 Å². The van der Waals surface area contributed by atoms with Gasteiger partial charge in [0.05, 0.1) is 17.8 Å². The Morgan fingerprint density at radius 3 is 2.86 bits per heavy atom. The van der Waals surface area contributed by atoms with Crippen LogP contribution in [0.5, 0.6) is 0 Å². The second-order valence-corrected chi connectivity index (χ2v) is 5.51. The first-order valence-corrected chi connectivity index (χ1v) is 6.67. The normalized spacial score (nSPS) is 17.9. The first-order chi connectivity index (χ1) is 9.87. The summed E-state index contributed by atoms with van der Waals surface area (Å²) in [5.74, 6) is -1.16. The molecular formula is C15H18N2O4. The minimum absolute atomic E-state index is 0.121. The SMILES string of the molecule is CC1(C)CN(C(=O)c2cncc(C=CC(=O)O)c2)CCO1. The molecule has 0 saturated carbocycles. The molecule has 21 heavy (non-hydrogen) atoms. The molecule has 0 unspecified atom stereocenters. The van der Waals surface area contributed by atoms with Crippen LogP contribution in [0.1, 0.15) is 29.8 Å². The molecule has 0 bridgehead atoms. The van der Waals surface area contributed by atoms with E-state index in [-0.39, 0.29) is 11.5 Å². The van der Waals surface area contributed by atoms with Gasteiger partial charge in [0, 0.05) is 31.6 Å². The molecule has 2 heterocycles. The largest absolute Gasteiger partial charge is 0.478 e. The number of carbonyl (C=O) groups excluding carboxylic acids is 1. The molecular weight excluding hydrogens is 272 g/mol. The van der Waals surface area contributed by atoms with Gasteiger partial charge in [-0.05, 0) is 31.6 Å². The van der Waals surface area contributed by atoms with E-state index in [2.05, 4.69) is 4.98 Å². The van der Waals surface area contributed by atoms with E-state index in [1.165, 1.54) is 18.5 Å². The quantitative estimate of drug-likeness (QED) is 0.852. The van der Waals surface area contributed by atoms with Gasteiger partial charge in [0.15, 0.2) is 0 Å². The maximum atomic E-state index is 12.5. The molecule has 1 amide bonds. The van der Waals surface area contributed by atoms with E-state index in [1.54, 1.807) is 11.0 Å². The molecule has 0 atom stereocenters. The monoisotopic (exact) mass is 290 g/mol. The Kier molecular flexibility index (Phi) is 4.37. The van der Waals surface area contributed by atoms with Crippen molar-refractivity contribution >= 4 is 18.0 Å². The fourth-order valence-electron chi connectivity index (χ4n) is 2.21. The van der Waals surface area contributed by atoms with Gasteiger partial charge in [-0.2, -0.15) is 0 Å². The lowest BCUT2D eigenvalue weighted by Gasteiger charge is -2.38. The van der Waals surface area contributed by atoms with Crippen LogP contribution in [0.15, 0.2) is 24.5 Å². The van der Waals surface area contributed by atoms with Crippen LogP contribution in [-0.4, -0.2) is 52.2 Å². The minimum atomic E-state index is -1.04. The van der Waals surface area contributed by atoms with E-state index in [4.69, 9.17) is 9.84 Å². The summed E-state index contributed by atoms with van der Waals surface area (Å²) in [5, 5.41) is 8.62. The Balaban J connectivity index is 2.16. The summed E-state index contributed by atoms with van der Waals surface area (Å²) in [5.41, 5.74) is 0.665. The summed E-state index contributed by atoms with van der Waals surface area (Å²) in [6, 6.07) is 1.64. The number of aliphatic carboxylic acids is 1. The lowest BCUT2D eigenvalue weighted by atomic mass is 10.1. The van der Waals surface area contributed by atoms with Crippen molar-refractivity contribution in [3.8, 4) is 0 Å². The Morgan fingerprint density at radius 1 is 1.43 bits per heavy atom. The third-order valence-electron chi connectivity index (χ3n) is 3.14. The number of amides is 1. The molecule has 0 aliphatic carbocycles. The van der Waals surface area contributed by atoms with Gasteiger partial charge in [-0.15, -0.1) is 0 Å². The molecule has 112 valence electrons. The van der Waals surface area contributed by atoms with E-state index in [9.17, 15) is 9.59 Å². The molecule has 6 heteroatoms. The number of pyridine rings is 1. The molecule has 0 aromatic carbocycles. The highest BCUT2D eigenvalue weighted by Gasteiger charge is 2.30. The predicted octanol–water partition coefficient (Wildman–Crippen LogP) is 1.43. The average Bonchev–Trinajstić information content (AvgIpc) is 2.43. The summed E-state index contributed by atoms with van der Waals surface area (Å²) in [7, 11) is 0. The molecule has 0 radical (unpaired) electrons. The first-order valence-electron chi connectivity index (χ1n) is 6.67. The van der Waals surface area contributed by atoms with Crippen molar-refractivity contribution in [2.24, 2.45) is 0 Å². The second-order valence-electron chi connectivity index (χ2n) is 5.51. The molecule has 1 saturated heterocycles.